The van der Waals surface area contributed by atoms with Crippen LogP contribution in [0.3, 0.4) is 0 Å². The number of nitrogens with two attached hydrogens (primary N) is 1. The molecule has 4 N–H and O–H groups in total. The van der Waals surface area contributed by atoms with E-state index in [1.807, 2.05) is 0 Å². The highest BCUT2D eigenvalue weighted by atomic mass is 16.5. The Labute approximate surface area is 106 Å². The van der Waals surface area contributed by atoms with Gasteiger partial charge in [-0.1, -0.05) is 0 Å². The van der Waals surface area contributed by atoms with Crippen LogP contribution in [0.5, 0.6) is 0 Å². The van der Waals surface area contributed by atoms with Gasteiger partial charge in [-0.25, -0.2) is 4.79 Å². The van der Waals surface area contributed by atoms with E-state index in [1.165, 1.54) is 0 Å². The lowest BCUT2D eigenvalue weighted by atomic mass is 10.1. The summed E-state index contributed by atoms with van der Waals surface area (Å²) in [5.41, 5.74) is 4.44. The van der Waals surface area contributed by atoms with Gasteiger partial charge < -0.3 is 20.9 Å². The number of carbonyl (C=O) groups excluding carboxylic acids is 2. The number of ether oxygens (including phenoxy) is 1. The first-order valence-corrected chi connectivity index (χ1v) is 5.56. The Morgan fingerprint density at radius 3 is 2.28 bits per heavy atom. The van der Waals surface area contributed by atoms with E-state index in [4.69, 9.17) is 15.6 Å². The molecule has 1 unspecified atom stereocenters. The third-order valence-corrected chi connectivity index (χ3v) is 1.95. The van der Waals surface area contributed by atoms with Crippen LogP contribution in [-0.4, -0.2) is 41.1 Å². The molecule has 104 valence electrons. The largest absolute Gasteiger partial charge is 0.480 e. The van der Waals surface area contributed by atoms with E-state index < -0.39 is 29.4 Å². The van der Waals surface area contributed by atoms with Crippen molar-refractivity contribution in [2.24, 2.45) is 5.73 Å². The molecular formula is C11H20N2O5. The lowest BCUT2D eigenvalue weighted by Gasteiger charge is -2.20. The second kappa shape index (κ2) is 6.95. The van der Waals surface area contributed by atoms with Gasteiger partial charge >= 0.3 is 5.97 Å². The quantitative estimate of drug-likeness (QED) is 0.577. The number of amides is 2. The number of hydrogen-bond donors (Lipinski definition) is 3. The van der Waals surface area contributed by atoms with Crippen molar-refractivity contribution in [1.82, 2.24) is 5.32 Å². The fourth-order valence-electron chi connectivity index (χ4n) is 1.06. The van der Waals surface area contributed by atoms with Gasteiger partial charge in [-0.15, -0.1) is 0 Å². The molecule has 18 heavy (non-hydrogen) atoms. The van der Waals surface area contributed by atoms with Crippen LogP contribution in [0.15, 0.2) is 0 Å². The number of carbonyl (C=O) groups is 3. The van der Waals surface area contributed by atoms with Crippen LogP contribution >= 0.6 is 0 Å². The SMILES string of the molecule is CC(C)(C)OCC(=O)NC(CCC(N)=O)C(=O)O. The maximum Gasteiger partial charge on any atom is 0.326 e. The molecule has 0 saturated carbocycles. The predicted octanol–water partition coefficient (Wildman–Crippen LogP) is -0.364. The molecule has 0 fully saturated rings. The van der Waals surface area contributed by atoms with Gasteiger partial charge in [-0.3, -0.25) is 9.59 Å². The van der Waals surface area contributed by atoms with Gasteiger partial charge in [-0.2, -0.15) is 0 Å². The maximum atomic E-state index is 11.4. The lowest BCUT2D eigenvalue weighted by Crippen LogP contribution is -2.43. The Morgan fingerprint density at radius 1 is 1.33 bits per heavy atom. The number of nitrogens with one attached hydrogen (secondary N) is 1. The summed E-state index contributed by atoms with van der Waals surface area (Å²) in [6, 6.07) is -1.13. The number of carboxylic acids is 1. The zero-order chi connectivity index (χ0) is 14.3. The first-order chi connectivity index (χ1) is 8.11. The molecule has 0 aliphatic carbocycles. The number of aliphatic carboxylic acids is 1. The summed E-state index contributed by atoms with van der Waals surface area (Å²) in [5.74, 6) is -2.36. The van der Waals surface area contributed by atoms with E-state index in [2.05, 4.69) is 5.32 Å². The Kier molecular flexibility index (Phi) is 6.32. The first-order valence-electron chi connectivity index (χ1n) is 5.56. The summed E-state index contributed by atoms with van der Waals surface area (Å²) in [7, 11) is 0. The molecular weight excluding hydrogens is 240 g/mol. The molecule has 0 spiro atoms. The van der Waals surface area contributed by atoms with Crippen LogP contribution in [-0.2, 0) is 19.1 Å². The third kappa shape index (κ3) is 8.51. The molecule has 2 amide bonds. The summed E-state index contributed by atoms with van der Waals surface area (Å²) in [6.45, 7) is 5.11. The molecule has 0 aromatic carbocycles. The van der Waals surface area contributed by atoms with Crippen LogP contribution in [0.2, 0.25) is 0 Å². The topological polar surface area (TPSA) is 119 Å². The van der Waals surface area contributed by atoms with E-state index >= 15 is 0 Å². The van der Waals surface area contributed by atoms with E-state index in [1.54, 1.807) is 20.8 Å². The van der Waals surface area contributed by atoms with Crippen molar-refractivity contribution in [3.05, 3.63) is 0 Å². The fourth-order valence-corrected chi connectivity index (χ4v) is 1.06. The summed E-state index contributed by atoms with van der Waals surface area (Å²) < 4.78 is 5.20. The third-order valence-electron chi connectivity index (χ3n) is 1.95. The Bertz CT molecular complexity index is 322. The van der Waals surface area contributed by atoms with E-state index in [9.17, 15) is 14.4 Å². The number of rotatable bonds is 7. The Balaban J connectivity index is 4.20. The van der Waals surface area contributed by atoms with Gasteiger partial charge in [0.1, 0.15) is 12.6 Å². The summed E-state index contributed by atoms with van der Waals surface area (Å²) >= 11 is 0. The summed E-state index contributed by atoms with van der Waals surface area (Å²) in [5, 5.41) is 11.1. The van der Waals surface area contributed by atoms with Crippen molar-refractivity contribution in [1.29, 1.82) is 0 Å². The standard InChI is InChI=1S/C11H20N2O5/c1-11(2,3)18-6-9(15)13-7(10(16)17)4-5-8(12)14/h7H,4-6H2,1-3H3,(H2,12,14)(H,13,15)(H,16,17). The molecule has 0 saturated heterocycles. The second-order valence-corrected chi connectivity index (χ2v) is 4.86. The zero-order valence-electron chi connectivity index (χ0n) is 10.9. The molecule has 0 aliphatic rings. The van der Waals surface area contributed by atoms with Crippen LogP contribution in [0.4, 0.5) is 0 Å². The molecule has 0 bridgehead atoms. The monoisotopic (exact) mass is 260 g/mol. The number of carboxylic acid groups (broad SMARTS) is 1. The van der Waals surface area contributed by atoms with Gasteiger partial charge in [0.2, 0.25) is 11.8 Å². The molecule has 0 heterocycles. The fraction of sp³-hybridized carbons (Fsp3) is 0.727. The van der Waals surface area contributed by atoms with Crippen LogP contribution in [0.25, 0.3) is 0 Å². The molecule has 0 aliphatic heterocycles. The summed E-state index contributed by atoms with van der Waals surface area (Å²) in [4.78, 5) is 32.8. The normalized spacial score (nSPS) is 12.8. The van der Waals surface area contributed by atoms with Gasteiger partial charge in [0.15, 0.2) is 0 Å². The molecule has 0 rings (SSSR count). The predicted molar refractivity (Wildman–Crippen MR) is 63.7 cm³/mol. The van der Waals surface area contributed by atoms with Gasteiger partial charge in [-0.05, 0) is 27.2 Å². The van der Waals surface area contributed by atoms with E-state index in [-0.39, 0.29) is 19.4 Å². The number of primary amides is 1. The molecule has 0 aromatic rings. The molecule has 0 aromatic heterocycles. The Morgan fingerprint density at radius 2 is 1.89 bits per heavy atom. The zero-order valence-corrected chi connectivity index (χ0v) is 10.9. The Hall–Kier alpha value is -1.63. The van der Waals surface area contributed by atoms with Crippen LogP contribution in [0.1, 0.15) is 33.6 Å². The highest BCUT2D eigenvalue weighted by molar-refractivity contribution is 5.84. The highest BCUT2D eigenvalue weighted by Crippen LogP contribution is 2.06. The minimum absolute atomic E-state index is 0.0358. The second-order valence-electron chi connectivity index (χ2n) is 4.86. The lowest BCUT2D eigenvalue weighted by molar-refractivity contribution is -0.143. The molecule has 0 radical (unpaired) electrons. The van der Waals surface area contributed by atoms with Crippen molar-refractivity contribution in [3.8, 4) is 0 Å². The van der Waals surface area contributed by atoms with Crippen molar-refractivity contribution in [2.45, 2.75) is 45.3 Å². The highest BCUT2D eigenvalue weighted by Gasteiger charge is 2.21. The van der Waals surface area contributed by atoms with Crippen molar-refractivity contribution in [3.63, 3.8) is 0 Å². The molecule has 7 heteroatoms. The maximum absolute atomic E-state index is 11.4. The van der Waals surface area contributed by atoms with Crippen molar-refractivity contribution in [2.75, 3.05) is 6.61 Å². The van der Waals surface area contributed by atoms with Crippen molar-refractivity contribution >= 4 is 17.8 Å². The summed E-state index contributed by atoms with van der Waals surface area (Å²) in [6.07, 6.45) is -0.136. The molecule has 1 atom stereocenters. The smallest absolute Gasteiger partial charge is 0.326 e. The van der Waals surface area contributed by atoms with Gasteiger partial charge in [0.25, 0.3) is 0 Å². The van der Waals surface area contributed by atoms with Crippen LogP contribution < -0.4 is 11.1 Å². The average molecular weight is 260 g/mol. The van der Waals surface area contributed by atoms with E-state index in [0.29, 0.717) is 0 Å². The minimum Gasteiger partial charge on any atom is -0.480 e. The van der Waals surface area contributed by atoms with Crippen molar-refractivity contribution < 1.29 is 24.2 Å². The number of hydrogen-bond acceptors (Lipinski definition) is 4. The minimum atomic E-state index is -1.21. The van der Waals surface area contributed by atoms with Crippen LogP contribution in [0, 0.1) is 0 Å². The van der Waals surface area contributed by atoms with Gasteiger partial charge in [0, 0.05) is 6.42 Å². The van der Waals surface area contributed by atoms with E-state index in [0.717, 1.165) is 0 Å². The van der Waals surface area contributed by atoms with Gasteiger partial charge in [0.05, 0.1) is 5.60 Å². The first kappa shape index (κ1) is 16.4. The average Bonchev–Trinajstić information content (AvgIpc) is 2.19. The molecule has 7 nitrogen and oxygen atoms in total.